The van der Waals surface area contributed by atoms with Gasteiger partial charge in [0.25, 0.3) is 0 Å². The number of rotatable bonds is 6. The molecule has 7 nitrogen and oxygen atoms in total. The van der Waals surface area contributed by atoms with E-state index in [-0.39, 0.29) is 24.4 Å². The zero-order valence-electron chi connectivity index (χ0n) is 15.0. The molecule has 2 aromatic heterocycles. The summed E-state index contributed by atoms with van der Waals surface area (Å²) in [5.41, 5.74) is -1.48. The van der Waals surface area contributed by atoms with Gasteiger partial charge < -0.3 is 15.2 Å². The van der Waals surface area contributed by atoms with Crippen LogP contribution in [0.3, 0.4) is 0 Å². The SMILES string of the molecule is CC(=O)Nc1ccc(NC(=O)CCc2nc(-c3cccs3)no2)c(C(F)(F)F)c1. The average Bonchev–Trinajstić information content (AvgIpc) is 3.31. The summed E-state index contributed by atoms with van der Waals surface area (Å²) in [5, 5.41) is 10.2. The van der Waals surface area contributed by atoms with E-state index in [9.17, 15) is 22.8 Å². The molecule has 0 fully saturated rings. The summed E-state index contributed by atoms with van der Waals surface area (Å²) in [5.74, 6) is -0.543. The van der Waals surface area contributed by atoms with Gasteiger partial charge in [-0.25, -0.2) is 0 Å². The fourth-order valence-electron chi connectivity index (χ4n) is 2.46. The summed E-state index contributed by atoms with van der Waals surface area (Å²) in [7, 11) is 0. The van der Waals surface area contributed by atoms with Crippen LogP contribution in [-0.2, 0) is 22.2 Å². The number of aromatic nitrogens is 2. The fourth-order valence-corrected chi connectivity index (χ4v) is 3.11. The van der Waals surface area contributed by atoms with E-state index in [1.165, 1.54) is 24.3 Å². The molecule has 0 aliphatic carbocycles. The molecule has 2 heterocycles. The summed E-state index contributed by atoms with van der Waals surface area (Å²) in [6.07, 6.45) is -4.77. The fraction of sp³-hybridized carbons (Fsp3) is 0.222. The molecule has 1 aromatic carbocycles. The lowest BCUT2D eigenvalue weighted by atomic mass is 10.1. The first-order valence-electron chi connectivity index (χ1n) is 8.37. The molecule has 29 heavy (non-hydrogen) atoms. The lowest BCUT2D eigenvalue weighted by Crippen LogP contribution is -2.17. The Balaban J connectivity index is 1.66. The molecule has 3 rings (SSSR count). The van der Waals surface area contributed by atoms with Gasteiger partial charge in [0.15, 0.2) is 0 Å². The zero-order valence-corrected chi connectivity index (χ0v) is 15.9. The minimum atomic E-state index is -4.71. The maximum absolute atomic E-state index is 13.3. The van der Waals surface area contributed by atoms with Crippen molar-refractivity contribution in [1.82, 2.24) is 10.1 Å². The van der Waals surface area contributed by atoms with Gasteiger partial charge in [-0.1, -0.05) is 11.2 Å². The van der Waals surface area contributed by atoms with E-state index in [1.807, 2.05) is 17.5 Å². The molecule has 0 spiro atoms. The van der Waals surface area contributed by atoms with Crippen LogP contribution in [0.25, 0.3) is 10.7 Å². The van der Waals surface area contributed by atoms with Crippen molar-refractivity contribution in [3.8, 4) is 10.7 Å². The standard InChI is InChI=1S/C18H15F3N4O3S/c1-10(26)22-11-4-5-13(12(9-11)18(19,20)21)23-15(27)6-7-16-24-17(25-28-16)14-3-2-8-29-14/h2-5,8-9H,6-7H2,1H3,(H,22,26)(H,23,27). The van der Waals surface area contributed by atoms with Gasteiger partial charge in [0.1, 0.15) is 0 Å². The first-order chi connectivity index (χ1) is 13.7. The summed E-state index contributed by atoms with van der Waals surface area (Å²) in [6, 6.07) is 6.78. The number of carbonyl (C=O) groups is 2. The molecule has 0 bridgehead atoms. The molecule has 3 aromatic rings. The Morgan fingerprint density at radius 3 is 2.66 bits per heavy atom. The number of alkyl halides is 3. The minimum absolute atomic E-state index is 0.0187. The smallest absolute Gasteiger partial charge is 0.339 e. The summed E-state index contributed by atoms with van der Waals surface area (Å²) >= 11 is 1.43. The van der Waals surface area contributed by atoms with Crippen molar-refractivity contribution < 1.29 is 27.3 Å². The Labute approximate surface area is 166 Å². The predicted octanol–water partition coefficient (Wildman–Crippen LogP) is 4.35. The molecule has 2 N–H and O–H groups in total. The molecule has 0 saturated heterocycles. The Bertz CT molecular complexity index is 1020. The first-order valence-corrected chi connectivity index (χ1v) is 9.25. The number of hydrogen-bond donors (Lipinski definition) is 2. The third-order valence-corrected chi connectivity index (χ3v) is 4.56. The van der Waals surface area contributed by atoms with E-state index in [1.54, 1.807) is 0 Å². The van der Waals surface area contributed by atoms with Crippen molar-refractivity contribution in [2.45, 2.75) is 25.9 Å². The van der Waals surface area contributed by atoms with Gasteiger partial charge in [-0.15, -0.1) is 11.3 Å². The molecule has 0 aliphatic heterocycles. The van der Waals surface area contributed by atoms with Crippen molar-refractivity contribution in [2.75, 3.05) is 10.6 Å². The molecule has 152 valence electrons. The molecule has 0 unspecified atom stereocenters. The van der Waals surface area contributed by atoms with Crippen LogP contribution in [0.1, 0.15) is 24.8 Å². The number of nitrogens with zero attached hydrogens (tertiary/aromatic N) is 2. The van der Waals surface area contributed by atoms with Crippen LogP contribution in [0, 0.1) is 0 Å². The number of anilines is 2. The molecule has 0 saturated carbocycles. The van der Waals surface area contributed by atoms with Crippen LogP contribution in [0.15, 0.2) is 40.2 Å². The molecular formula is C18H15F3N4O3S. The van der Waals surface area contributed by atoms with Crippen LogP contribution >= 0.6 is 11.3 Å². The predicted molar refractivity (Wildman–Crippen MR) is 100 cm³/mol. The monoisotopic (exact) mass is 424 g/mol. The zero-order chi connectivity index (χ0) is 21.0. The molecule has 0 radical (unpaired) electrons. The third kappa shape index (κ3) is 5.41. The summed E-state index contributed by atoms with van der Waals surface area (Å²) < 4.78 is 45.0. The molecule has 0 aliphatic rings. The van der Waals surface area contributed by atoms with Gasteiger partial charge in [-0.3, -0.25) is 9.59 Å². The van der Waals surface area contributed by atoms with Gasteiger partial charge in [-0.05, 0) is 29.6 Å². The highest BCUT2D eigenvalue weighted by molar-refractivity contribution is 7.13. The Hall–Kier alpha value is -3.21. The number of carbonyl (C=O) groups excluding carboxylic acids is 2. The summed E-state index contributed by atoms with van der Waals surface area (Å²) in [6.45, 7) is 1.18. The van der Waals surface area contributed by atoms with E-state index >= 15 is 0 Å². The number of halogens is 3. The third-order valence-electron chi connectivity index (χ3n) is 3.70. The number of hydrogen-bond acceptors (Lipinski definition) is 6. The lowest BCUT2D eigenvalue weighted by Gasteiger charge is -2.15. The largest absolute Gasteiger partial charge is 0.418 e. The highest BCUT2D eigenvalue weighted by atomic mass is 32.1. The van der Waals surface area contributed by atoms with Gasteiger partial charge in [0, 0.05) is 25.5 Å². The van der Waals surface area contributed by atoms with Gasteiger partial charge in [0.2, 0.25) is 23.5 Å². The average molecular weight is 424 g/mol. The van der Waals surface area contributed by atoms with Gasteiger partial charge >= 0.3 is 6.18 Å². The van der Waals surface area contributed by atoms with Crippen molar-refractivity contribution in [3.05, 3.63) is 47.2 Å². The van der Waals surface area contributed by atoms with Crippen molar-refractivity contribution in [3.63, 3.8) is 0 Å². The number of nitrogens with one attached hydrogen (secondary N) is 2. The maximum atomic E-state index is 13.3. The Kier molecular flexibility index (Phi) is 5.97. The van der Waals surface area contributed by atoms with Crippen LogP contribution < -0.4 is 10.6 Å². The second-order valence-corrected chi connectivity index (χ2v) is 6.92. The maximum Gasteiger partial charge on any atom is 0.418 e. The van der Waals surface area contributed by atoms with Gasteiger partial charge in [0.05, 0.1) is 16.1 Å². The second-order valence-electron chi connectivity index (χ2n) is 5.98. The number of aryl methyl sites for hydroxylation is 1. The summed E-state index contributed by atoms with van der Waals surface area (Å²) in [4.78, 5) is 28.1. The Morgan fingerprint density at radius 1 is 1.21 bits per heavy atom. The minimum Gasteiger partial charge on any atom is -0.339 e. The van der Waals surface area contributed by atoms with Crippen LogP contribution in [0.2, 0.25) is 0 Å². The van der Waals surface area contributed by atoms with Crippen molar-refractivity contribution in [2.24, 2.45) is 0 Å². The quantitative estimate of drug-likeness (QED) is 0.613. The lowest BCUT2D eigenvalue weighted by molar-refractivity contribution is -0.137. The highest BCUT2D eigenvalue weighted by Crippen LogP contribution is 2.36. The molecule has 0 atom stereocenters. The van der Waals surface area contributed by atoms with E-state index in [4.69, 9.17) is 4.52 Å². The van der Waals surface area contributed by atoms with Crippen LogP contribution in [0.5, 0.6) is 0 Å². The number of thiophene rings is 1. The van der Waals surface area contributed by atoms with Crippen molar-refractivity contribution in [1.29, 1.82) is 0 Å². The first kappa shape index (κ1) is 20.5. The molecular weight excluding hydrogens is 409 g/mol. The van der Waals surface area contributed by atoms with Crippen molar-refractivity contribution >= 4 is 34.5 Å². The van der Waals surface area contributed by atoms with E-state index in [0.29, 0.717) is 5.82 Å². The topological polar surface area (TPSA) is 97.1 Å². The van der Waals surface area contributed by atoms with Gasteiger partial charge in [-0.2, -0.15) is 18.2 Å². The van der Waals surface area contributed by atoms with E-state index < -0.39 is 29.2 Å². The van der Waals surface area contributed by atoms with Crippen LogP contribution in [-0.4, -0.2) is 22.0 Å². The van der Waals surface area contributed by atoms with E-state index in [0.717, 1.165) is 17.0 Å². The van der Waals surface area contributed by atoms with E-state index in [2.05, 4.69) is 20.8 Å². The molecule has 11 heteroatoms. The number of benzene rings is 1. The van der Waals surface area contributed by atoms with Crippen LogP contribution in [0.4, 0.5) is 24.5 Å². The second kappa shape index (κ2) is 8.43. The molecule has 2 amide bonds. The Morgan fingerprint density at radius 2 is 2.00 bits per heavy atom. The highest BCUT2D eigenvalue weighted by Gasteiger charge is 2.34. The normalized spacial score (nSPS) is 11.3. The number of amides is 2.